The van der Waals surface area contributed by atoms with Gasteiger partial charge in [0, 0.05) is 5.56 Å². The maximum absolute atomic E-state index is 14.0. The number of aromatic nitrogens is 2. The molecule has 9 heteroatoms. The van der Waals surface area contributed by atoms with Gasteiger partial charge < -0.3 is 9.26 Å². The standard InChI is InChI=1S/C14H12F4N2O3/c1-7(2)22-6-11(21)9-4-3-8(5-10(9)15)12-19-13(23-20-12)14(16,17)18/h3-5,7H,6H2,1-2H3. The van der Waals surface area contributed by atoms with Crippen molar-refractivity contribution in [2.75, 3.05) is 6.61 Å². The van der Waals surface area contributed by atoms with E-state index in [1.54, 1.807) is 13.8 Å². The monoisotopic (exact) mass is 332 g/mol. The molecule has 1 aromatic heterocycles. The average Bonchev–Trinajstić information content (AvgIpc) is 2.94. The average molecular weight is 332 g/mol. The smallest absolute Gasteiger partial charge is 0.371 e. The first-order valence-corrected chi connectivity index (χ1v) is 6.54. The number of rotatable bonds is 5. The van der Waals surface area contributed by atoms with Crippen molar-refractivity contribution in [2.45, 2.75) is 26.1 Å². The van der Waals surface area contributed by atoms with Crippen LogP contribution in [-0.4, -0.2) is 28.6 Å². The summed E-state index contributed by atoms with van der Waals surface area (Å²) in [5.74, 6) is -3.43. The van der Waals surface area contributed by atoms with Gasteiger partial charge in [-0.15, -0.1) is 0 Å². The Morgan fingerprint density at radius 2 is 2.04 bits per heavy atom. The molecule has 0 fully saturated rings. The minimum Gasteiger partial charge on any atom is -0.371 e. The number of benzene rings is 1. The third-order valence-corrected chi connectivity index (χ3v) is 2.74. The fourth-order valence-electron chi connectivity index (χ4n) is 1.66. The number of Topliss-reactive ketones (excluding diaryl/α,β-unsaturated/α-hetero) is 1. The van der Waals surface area contributed by atoms with Crippen molar-refractivity contribution in [2.24, 2.45) is 0 Å². The summed E-state index contributed by atoms with van der Waals surface area (Å²) in [6.07, 6.45) is -4.98. The number of hydrogen-bond acceptors (Lipinski definition) is 5. The van der Waals surface area contributed by atoms with Crippen LogP contribution in [-0.2, 0) is 10.9 Å². The van der Waals surface area contributed by atoms with Crippen LogP contribution < -0.4 is 0 Å². The van der Waals surface area contributed by atoms with E-state index in [-0.39, 0.29) is 23.8 Å². The highest BCUT2D eigenvalue weighted by Gasteiger charge is 2.38. The maximum Gasteiger partial charge on any atom is 0.471 e. The van der Waals surface area contributed by atoms with Crippen LogP contribution in [0.3, 0.4) is 0 Å². The first kappa shape index (κ1) is 17.1. The third kappa shape index (κ3) is 4.13. The lowest BCUT2D eigenvalue weighted by Crippen LogP contribution is -2.14. The Balaban J connectivity index is 2.22. The molecule has 0 aliphatic carbocycles. The van der Waals surface area contributed by atoms with E-state index in [2.05, 4.69) is 14.7 Å². The van der Waals surface area contributed by atoms with Crippen molar-refractivity contribution in [1.29, 1.82) is 0 Å². The van der Waals surface area contributed by atoms with Crippen LogP contribution >= 0.6 is 0 Å². The number of alkyl halides is 3. The second kappa shape index (κ2) is 6.45. The Bertz CT molecular complexity index is 710. The Kier molecular flexibility index (Phi) is 4.79. The molecule has 124 valence electrons. The molecule has 0 saturated heterocycles. The third-order valence-electron chi connectivity index (χ3n) is 2.74. The largest absolute Gasteiger partial charge is 0.471 e. The molecule has 5 nitrogen and oxygen atoms in total. The fraction of sp³-hybridized carbons (Fsp3) is 0.357. The number of ether oxygens (including phenoxy) is 1. The zero-order valence-corrected chi connectivity index (χ0v) is 12.1. The molecule has 0 amide bonds. The van der Waals surface area contributed by atoms with Gasteiger partial charge in [0.1, 0.15) is 12.4 Å². The number of carbonyl (C=O) groups is 1. The molecular weight excluding hydrogens is 320 g/mol. The molecule has 2 rings (SSSR count). The highest BCUT2D eigenvalue weighted by Crippen LogP contribution is 2.29. The summed E-state index contributed by atoms with van der Waals surface area (Å²) in [5, 5.41) is 3.15. The number of halogens is 4. The number of nitrogens with zero attached hydrogens (tertiary/aromatic N) is 2. The van der Waals surface area contributed by atoms with Crippen LogP contribution in [0.25, 0.3) is 11.4 Å². The van der Waals surface area contributed by atoms with Gasteiger partial charge in [0.15, 0.2) is 5.78 Å². The summed E-state index contributed by atoms with van der Waals surface area (Å²) in [5.41, 5.74) is -0.267. The van der Waals surface area contributed by atoms with Crippen LogP contribution in [0.4, 0.5) is 17.6 Å². The van der Waals surface area contributed by atoms with Crippen molar-refractivity contribution >= 4 is 5.78 Å². The molecule has 23 heavy (non-hydrogen) atoms. The van der Waals surface area contributed by atoms with Crippen molar-refractivity contribution in [3.63, 3.8) is 0 Å². The van der Waals surface area contributed by atoms with Crippen molar-refractivity contribution in [3.8, 4) is 11.4 Å². The van der Waals surface area contributed by atoms with Gasteiger partial charge in [-0.3, -0.25) is 4.79 Å². The van der Waals surface area contributed by atoms with E-state index >= 15 is 0 Å². The summed E-state index contributed by atoms with van der Waals surface area (Å²) in [6, 6.07) is 3.24. The molecule has 2 aromatic rings. The minimum atomic E-state index is -4.78. The second-order valence-electron chi connectivity index (χ2n) is 4.90. The van der Waals surface area contributed by atoms with Gasteiger partial charge in [0.25, 0.3) is 0 Å². The number of hydrogen-bond donors (Lipinski definition) is 0. The van der Waals surface area contributed by atoms with Gasteiger partial charge >= 0.3 is 12.1 Å². The van der Waals surface area contributed by atoms with Crippen LogP contribution in [0.5, 0.6) is 0 Å². The fourth-order valence-corrected chi connectivity index (χ4v) is 1.66. The van der Waals surface area contributed by atoms with Crippen LogP contribution in [0, 0.1) is 5.82 Å². The predicted molar refractivity (Wildman–Crippen MR) is 70.1 cm³/mol. The Morgan fingerprint density at radius 1 is 1.35 bits per heavy atom. The molecule has 0 unspecified atom stereocenters. The summed E-state index contributed by atoms with van der Waals surface area (Å²) in [7, 11) is 0. The van der Waals surface area contributed by atoms with E-state index in [1.807, 2.05) is 0 Å². The van der Waals surface area contributed by atoms with Gasteiger partial charge in [-0.05, 0) is 26.0 Å². The van der Waals surface area contributed by atoms with E-state index in [1.165, 1.54) is 6.07 Å². The molecule has 0 radical (unpaired) electrons. The molecule has 0 spiro atoms. The first-order valence-electron chi connectivity index (χ1n) is 6.54. The Hall–Kier alpha value is -2.29. The predicted octanol–water partition coefficient (Wildman–Crippen LogP) is 3.50. The summed E-state index contributed by atoms with van der Waals surface area (Å²) >= 11 is 0. The quantitative estimate of drug-likeness (QED) is 0.619. The van der Waals surface area contributed by atoms with Crippen LogP contribution in [0.2, 0.25) is 0 Å². The summed E-state index contributed by atoms with van der Waals surface area (Å²) in [4.78, 5) is 14.9. The van der Waals surface area contributed by atoms with Crippen LogP contribution in [0.1, 0.15) is 30.1 Å². The molecule has 0 aliphatic heterocycles. The SMILES string of the molecule is CC(C)OCC(=O)c1ccc(-c2noc(C(F)(F)F)n2)cc1F. The molecule has 1 aromatic carbocycles. The second-order valence-corrected chi connectivity index (χ2v) is 4.90. The highest BCUT2D eigenvalue weighted by molar-refractivity contribution is 5.97. The van der Waals surface area contributed by atoms with Crippen molar-refractivity contribution in [1.82, 2.24) is 10.1 Å². The molecule has 0 bridgehead atoms. The number of ketones is 1. The number of carbonyl (C=O) groups excluding carboxylic acids is 1. The van der Waals surface area contributed by atoms with E-state index in [0.717, 1.165) is 12.1 Å². The maximum atomic E-state index is 14.0. The summed E-state index contributed by atoms with van der Waals surface area (Å²) < 4.78 is 60.3. The van der Waals surface area contributed by atoms with Gasteiger partial charge in [-0.25, -0.2) is 4.39 Å². The van der Waals surface area contributed by atoms with Gasteiger partial charge in [0.2, 0.25) is 5.82 Å². The van der Waals surface area contributed by atoms with E-state index in [4.69, 9.17) is 4.74 Å². The van der Waals surface area contributed by atoms with E-state index in [0.29, 0.717) is 0 Å². The van der Waals surface area contributed by atoms with Gasteiger partial charge in [0.05, 0.1) is 11.7 Å². The highest BCUT2D eigenvalue weighted by atomic mass is 19.4. The van der Waals surface area contributed by atoms with Crippen molar-refractivity contribution < 1.29 is 31.6 Å². The molecule has 0 aliphatic rings. The zero-order chi connectivity index (χ0) is 17.2. The van der Waals surface area contributed by atoms with E-state index in [9.17, 15) is 22.4 Å². The molecular formula is C14H12F4N2O3. The molecule has 0 saturated carbocycles. The lowest BCUT2D eigenvalue weighted by molar-refractivity contribution is -0.159. The molecule has 0 atom stereocenters. The zero-order valence-electron chi connectivity index (χ0n) is 12.1. The van der Waals surface area contributed by atoms with Crippen LogP contribution in [0.15, 0.2) is 22.7 Å². The normalized spacial score (nSPS) is 12.0. The minimum absolute atomic E-state index is 0.0388. The molecule has 0 N–H and O–H groups in total. The summed E-state index contributed by atoms with van der Waals surface area (Å²) in [6.45, 7) is 3.15. The van der Waals surface area contributed by atoms with Crippen molar-refractivity contribution in [3.05, 3.63) is 35.5 Å². The van der Waals surface area contributed by atoms with E-state index < -0.39 is 29.5 Å². The Morgan fingerprint density at radius 3 is 2.57 bits per heavy atom. The molecule has 1 heterocycles. The Labute approximate surface area is 128 Å². The lowest BCUT2D eigenvalue weighted by Gasteiger charge is -2.07. The lowest BCUT2D eigenvalue weighted by atomic mass is 10.1. The first-order chi connectivity index (χ1) is 10.7. The van der Waals surface area contributed by atoms with Gasteiger partial charge in [-0.1, -0.05) is 11.2 Å². The topological polar surface area (TPSA) is 65.2 Å². The van der Waals surface area contributed by atoms with Gasteiger partial charge in [-0.2, -0.15) is 18.2 Å².